The summed E-state index contributed by atoms with van der Waals surface area (Å²) in [5, 5.41) is 4.82. The number of para-hydroxylation sites is 1. The summed E-state index contributed by atoms with van der Waals surface area (Å²) in [5.41, 5.74) is 11.6. The summed E-state index contributed by atoms with van der Waals surface area (Å²) >= 11 is 0. The van der Waals surface area contributed by atoms with E-state index in [0.717, 1.165) is 39.0 Å². The third-order valence-electron chi connectivity index (χ3n) is 10.3. The van der Waals surface area contributed by atoms with Gasteiger partial charge in [0.05, 0.1) is 0 Å². The second-order valence-electron chi connectivity index (χ2n) is 13.2. The van der Waals surface area contributed by atoms with Gasteiger partial charge in [0.1, 0.15) is 11.2 Å². The van der Waals surface area contributed by atoms with Crippen molar-refractivity contribution in [3.05, 3.63) is 163 Å². The fourth-order valence-electron chi connectivity index (χ4n) is 7.86. The van der Waals surface area contributed by atoms with E-state index in [1.54, 1.807) is 0 Å². The Bertz CT molecular complexity index is 2360. The van der Waals surface area contributed by atoms with Gasteiger partial charge >= 0.3 is 0 Å². The first-order valence-electron chi connectivity index (χ1n) is 17.3. The van der Waals surface area contributed by atoms with Crippen molar-refractivity contribution in [2.24, 2.45) is 0 Å². The molecule has 232 valence electrons. The Balaban J connectivity index is 1.15. The molecule has 0 spiro atoms. The van der Waals surface area contributed by atoms with Crippen molar-refractivity contribution in [3.8, 4) is 22.3 Å². The van der Waals surface area contributed by atoms with Crippen molar-refractivity contribution in [2.45, 2.75) is 38.0 Å². The summed E-state index contributed by atoms with van der Waals surface area (Å²) < 4.78 is 6.35. The maximum Gasteiger partial charge on any atom is 0.137 e. The lowest BCUT2D eigenvalue weighted by Crippen LogP contribution is -2.10. The molecule has 8 aromatic rings. The predicted octanol–water partition coefficient (Wildman–Crippen LogP) is 13.6. The van der Waals surface area contributed by atoms with Crippen LogP contribution in [0.3, 0.4) is 0 Å². The molecule has 7 aromatic carbocycles. The number of hydrogen-bond acceptors (Lipinski definition) is 2. The number of rotatable bonds is 6. The molecule has 0 radical (unpaired) electrons. The minimum Gasteiger partial charge on any atom is -0.456 e. The van der Waals surface area contributed by atoms with E-state index < -0.39 is 0 Å². The quantitative estimate of drug-likeness (QED) is 0.184. The Morgan fingerprint density at radius 3 is 1.79 bits per heavy atom. The molecule has 1 aliphatic rings. The van der Waals surface area contributed by atoms with Crippen molar-refractivity contribution >= 4 is 49.8 Å². The van der Waals surface area contributed by atoms with Gasteiger partial charge in [0.25, 0.3) is 0 Å². The molecule has 1 heterocycles. The lowest BCUT2D eigenvalue weighted by Gasteiger charge is -2.27. The van der Waals surface area contributed by atoms with Crippen LogP contribution in [0.15, 0.2) is 162 Å². The molecule has 9 rings (SSSR count). The standard InChI is InChI=1S/C46H37NO/c1-3-11-32(12-4-1)33-21-25-37(26-22-33)47(39-29-30-43-42-17-7-8-20-44(42)48-45(43)31-39)38-27-23-35(24-28-38)41-19-10-16-36-15-9-18-40(46(36)41)34-13-5-2-6-14-34/h2,5-10,13-32H,1,3-4,11-12H2. The van der Waals surface area contributed by atoms with E-state index in [9.17, 15) is 0 Å². The highest BCUT2D eigenvalue weighted by Crippen LogP contribution is 2.42. The Morgan fingerprint density at radius 2 is 1.06 bits per heavy atom. The SMILES string of the molecule is c1ccc(-c2cccc3cccc(-c4ccc(N(c5ccc(C6CCCCC6)cc5)c5ccc6c(c5)oc5ccccc56)cc4)c23)cc1. The van der Waals surface area contributed by atoms with Crippen LogP contribution in [0.2, 0.25) is 0 Å². The first-order valence-corrected chi connectivity index (χ1v) is 17.3. The van der Waals surface area contributed by atoms with Crippen molar-refractivity contribution in [1.29, 1.82) is 0 Å². The van der Waals surface area contributed by atoms with Crippen molar-refractivity contribution in [3.63, 3.8) is 0 Å². The number of furan rings is 1. The van der Waals surface area contributed by atoms with Gasteiger partial charge in [0, 0.05) is 33.9 Å². The first-order chi connectivity index (χ1) is 23.8. The molecule has 0 unspecified atom stereocenters. The summed E-state index contributed by atoms with van der Waals surface area (Å²) in [5.74, 6) is 0.675. The Hall–Kier alpha value is -5.60. The molecule has 2 nitrogen and oxygen atoms in total. The van der Waals surface area contributed by atoms with Crippen molar-refractivity contribution < 1.29 is 4.42 Å². The van der Waals surface area contributed by atoms with Gasteiger partial charge in [-0.25, -0.2) is 0 Å². The zero-order valence-electron chi connectivity index (χ0n) is 27.0. The molecule has 2 heteroatoms. The van der Waals surface area contributed by atoms with Gasteiger partial charge < -0.3 is 9.32 Å². The fraction of sp³-hybridized carbons (Fsp3) is 0.130. The lowest BCUT2D eigenvalue weighted by molar-refractivity contribution is 0.443. The van der Waals surface area contributed by atoms with Crippen molar-refractivity contribution in [2.75, 3.05) is 4.90 Å². The van der Waals surface area contributed by atoms with Crippen LogP contribution in [-0.4, -0.2) is 0 Å². The summed E-state index contributed by atoms with van der Waals surface area (Å²) in [6.45, 7) is 0. The second kappa shape index (κ2) is 12.2. The smallest absolute Gasteiger partial charge is 0.137 e. The minimum absolute atomic E-state index is 0.675. The molecular formula is C46H37NO. The molecule has 1 fully saturated rings. The van der Waals surface area contributed by atoms with Gasteiger partial charge in [0.15, 0.2) is 0 Å². The highest BCUT2D eigenvalue weighted by Gasteiger charge is 2.19. The van der Waals surface area contributed by atoms with Crippen LogP contribution in [0.25, 0.3) is 55.0 Å². The Morgan fingerprint density at radius 1 is 0.458 bits per heavy atom. The van der Waals surface area contributed by atoms with Crippen LogP contribution < -0.4 is 4.90 Å². The number of anilines is 3. The molecule has 0 N–H and O–H groups in total. The topological polar surface area (TPSA) is 16.4 Å². The zero-order chi connectivity index (χ0) is 31.9. The number of nitrogens with zero attached hydrogens (tertiary/aromatic N) is 1. The van der Waals surface area contributed by atoms with E-state index in [0.29, 0.717) is 5.92 Å². The molecule has 48 heavy (non-hydrogen) atoms. The zero-order valence-corrected chi connectivity index (χ0v) is 27.0. The first kappa shape index (κ1) is 28.6. The summed E-state index contributed by atoms with van der Waals surface area (Å²) in [6, 6.07) is 57.3. The van der Waals surface area contributed by atoms with Gasteiger partial charge in [-0.2, -0.15) is 0 Å². The summed E-state index contributed by atoms with van der Waals surface area (Å²) in [6.07, 6.45) is 6.65. The van der Waals surface area contributed by atoms with E-state index in [-0.39, 0.29) is 0 Å². The number of hydrogen-bond donors (Lipinski definition) is 0. The number of fused-ring (bicyclic) bond motifs is 4. The van der Waals surface area contributed by atoms with Crippen LogP contribution in [0, 0.1) is 0 Å². The lowest BCUT2D eigenvalue weighted by atomic mass is 9.84. The monoisotopic (exact) mass is 619 g/mol. The minimum atomic E-state index is 0.675. The molecule has 0 aliphatic heterocycles. The van der Waals surface area contributed by atoms with Gasteiger partial charge in [-0.3, -0.25) is 0 Å². The van der Waals surface area contributed by atoms with E-state index in [1.807, 2.05) is 12.1 Å². The average molecular weight is 620 g/mol. The third kappa shape index (κ3) is 5.15. The van der Waals surface area contributed by atoms with Gasteiger partial charge in [-0.05, 0) is 99.8 Å². The second-order valence-corrected chi connectivity index (χ2v) is 13.2. The van der Waals surface area contributed by atoms with Crippen LogP contribution >= 0.6 is 0 Å². The highest BCUT2D eigenvalue weighted by atomic mass is 16.3. The molecule has 0 saturated heterocycles. The average Bonchev–Trinajstić information content (AvgIpc) is 3.54. The van der Waals surface area contributed by atoms with E-state index in [1.165, 1.54) is 70.7 Å². The normalized spacial score (nSPS) is 13.8. The van der Waals surface area contributed by atoms with Gasteiger partial charge in [-0.1, -0.05) is 128 Å². The van der Waals surface area contributed by atoms with Crippen LogP contribution in [0.5, 0.6) is 0 Å². The maximum atomic E-state index is 6.35. The van der Waals surface area contributed by atoms with Crippen LogP contribution in [-0.2, 0) is 0 Å². The van der Waals surface area contributed by atoms with Gasteiger partial charge in [-0.15, -0.1) is 0 Å². The molecule has 1 saturated carbocycles. The predicted molar refractivity (Wildman–Crippen MR) is 203 cm³/mol. The third-order valence-corrected chi connectivity index (χ3v) is 10.3. The Labute approximate surface area is 281 Å². The number of benzene rings is 7. The molecule has 0 bridgehead atoms. The van der Waals surface area contributed by atoms with E-state index in [4.69, 9.17) is 4.42 Å². The molecule has 0 amide bonds. The van der Waals surface area contributed by atoms with Gasteiger partial charge in [0.2, 0.25) is 0 Å². The highest BCUT2D eigenvalue weighted by molar-refractivity contribution is 6.07. The summed E-state index contributed by atoms with van der Waals surface area (Å²) in [4.78, 5) is 2.36. The van der Waals surface area contributed by atoms with Crippen molar-refractivity contribution in [1.82, 2.24) is 0 Å². The summed E-state index contributed by atoms with van der Waals surface area (Å²) in [7, 11) is 0. The van der Waals surface area contributed by atoms with Crippen LogP contribution in [0.1, 0.15) is 43.6 Å². The van der Waals surface area contributed by atoms with E-state index in [2.05, 4.69) is 150 Å². The van der Waals surface area contributed by atoms with Crippen LogP contribution in [0.4, 0.5) is 17.1 Å². The maximum absolute atomic E-state index is 6.35. The Kier molecular flexibility index (Phi) is 7.28. The fourth-order valence-corrected chi connectivity index (χ4v) is 7.86. The molecular weight excluding hydrogens is 583 g/mol. The molecule has 1 aromatic heterocycles. The van der Waals surface area contributed by atoms with E-state index >= 15 is 0 Å². The molecule has 1 aliphatic carbocycles. The largest absolute Gasteiger partial charge is 0.456 e. The molecule has 0 atom stereocenters.